The van der Waals surface area contributed by atoms with E-state index in [1.54, 1.807) is 5.38 Å². The van der Waals surface area contributed by atoms with Crippen molar-refractivity contribution >= 4 is 11.3 Å². The summed E-state index contributed by atoms with van der Waals surface area (Å²) in [6, 6.07) is 2.43. The van der Waals surface area contributed by atoms with E-state index in [0.29, 0.717) is 12.1 Å². The Kier molecular flexibility index (Phi) is 3.38. The van der Waals surface area contributed by atoms with Gasteiger partial charge in [-0.3, -0.25) is 0 Å². The molecule has 1 aromatic carbocycles. The van der Waals surface area contributed by atoms with Gasteiger partial charge in [-0.1, -0.05) is 6.92 Å². The largest absolute Gasteiger partial charge is 0.417 e. The Bertz CT molecular complexity index is 559. The van der Waals surface area contributed by atoms with Crippen molar-refractivity contribution in [3.05, 3.63) is 40.7 Å². The minimum absolute atomic E-state index is 0.193. The van der Waals surface area contributed by atoms with Crippen LogP contribution in [0.4, 0.5) is 17.6 Å². The Morgan fingerprint density at radius 1 is 1.28 bits per heavy atom. The first-order chi connectivity index (χ1) is 8.41. The lowest BCUT2D eigenvalue weighted by molar-refractivity contribution is -0.137. The molecule has 0 aliphatic carbocycles. The van der Waals surface area contributed by atoms with Crippen LogP contribution in [0.5, 0.6) is 0 Å². The van der Waals surface area contributed by atoms with Crippen LogP contribution >= 0.6 is 11.3 Å². The fraction of sp³-hybridized carbons (Fsp3) is 0.250. The summed E-state index contributed by atoms with van der Waals surface area (Å²) in [7, 11) is 0. The average molecular weight is 275 g/mol. The molecule has 0 unspecified atom stereocenters. The summed E-state index contributed by atoms with van der Waals surface area (Å²) >= 11 is 1.09. The van der Waals surface area contributed by atoms with Crippen LogP contribution in [-0.4, -0.2) is 4.98 Å². The zero-order valence-electron chi connectivity index (χ0n) is 9.38. The first-order valence-electron chi connectivity index (χ1n) is 5.23. The minimum Gasteiger partial charge on any atom is -0.241 e. The van der Waals surface area contributed by atoms with E-state index in [-0.39, 0.29) is 10.6 Å². The number of halogens is 4. The summed E-state index contributed by atoms with van der Waals surface area (Å²) in [5.74, 6) is -0.703. The average Bonchev–Trinajstić information content (AvgIpc) is 2.75. The van der Waals surface area contributed by atoms with Crippen molar-refractivity contribution in [2.45, 2.75) is 19.5 Å². The molecule has 0 aliphatic heterocycles. The summed E-state index contributed by atoms with van der Waals surface area (Å²) in [6.07, 6.45) is -3.88. The number of rotatable bonds is 2. The Balaban J connectivity index is 2.58. The predicted molar refractivity (Wildman–Crippen MR) is 61.9 cm³/mol. The van der Waals surface area contributed by atoms with Gasteiger partial charge in [0.1, 0.15) is 10.8 Å². The van der Waals surface area contributed by atoms with Crippen LogP contribution < -0.4 is 0 Å². The monoisotopic (exact) mass is 275 g/mol. The second kappa shape index (κ2) is 4.68. The molecule has 6 heteroatoms. The van der Waals surface area contributed by atoms with E-state index in [1.807, 2.05) is 6.92 Å². The van der Waals surface area contributed by atoms with E-state index in [0.717, 1.165) is 29.5 Å². The highest BCUT2D eigenvalue weighted by Gasteiger charge is 2.34. The number of hydrogen-bond acceptors (Lipinski definition) is 2. The summed E-state index contributed by atoms with van der Waals surface area (Å²) in [4.78, 5) is 4.07. The van der Waals surface area contributed by atoms with Crippen molar-refractivity contribution in [3.8, 4) is 10.6 Å². The van der Waals surface area contributed by atoms with Crippen molar-refractivity contribution in [2.24, 2.45) is 0 Å². The van der Waals surface area contributed by atoms with Crippen molar-refractivity contribution in [1.82, 2.24) is 4.98 Å². The second-order valence-electron chi connectivity index (χ2n) is 3.69. The lowest BCUT2D eigenvalue weighted by atomic mass is 10.1. The van der Waals surface area contributed by atoms with E-state index in [1.165, 1.54) is 0 Å². The van der Waals surface area contributed by atoms with Gasteiger partial charge in [-0.25, -0.2) is 9.37 Å². The van der Waals surface area contributed by atoms with Gasteiger partial charge in [-0.2, -0.15) is 13.2 Å². The molecular weight excluding hydrogens is 266 g/mol. The summed E-state index contributed by atoms with van der Waals surface area (Å²) < 4.78 is 51.5. The zero-order valence-corrected chi connectivity index (χ0v) is 10.2. The molecular formula is C12H9F4NS. The van der Waals surface area contributed by atoms with Gasteiger partial charge in [0, 0.05) is 10.9 Å². The number of alkyl halides is 3. The molecule has 1 aromatic heterocycles. The molecule has 0 aliphatic rings. The van der Waals surface area contributed by atoms with Gasteiger partial charge in [0.2, 0.25) is 0 Å². The molecule has 1 nitrogen and oxygen atoms in total. The van der Waals surface area contributed by atoms with Gasteiger partial charge in [0.25, 0.3) is 0 Å². The van der Waals surface area contributed by atoms with E-state index in [9.17, 15) is 17.6 Å². The molecule has 0 spiro atoms. The Hall–Kier alpha value is -1.43. The Labute approximate surface area is 105 Å². The predicted octanol–water partition coefficient (Wildman–Crippen LogP) is 4.53. The fourth-order valence-corrected chi connectivity index (χ4v) is 2.47. The van der Waals surface area contributed by atoms with Crippen LogP contribution in [0.25, 0.3) is 10.6 Å². The van der Waals surface area contributed by atoms with E-state index < -0.39 is 17.6 Å². The molecule has 96 valence electrons. The molecule has 0 fully saturated rings. The maximum absolute atomic E-state index is 13.1. The van der Waals surface area contributed by atoms with Gasteiger partial charge in [0.05, 0.1) is 11.3 Å². The Morgan fingerprint density at radius 2 is 2.00 bits per heavy atom. The SMILES string of the molecule is CCc1csc(-c2cc(F)ccc2C(F)(F)F)n1. The maximum atomic E-state index is 13.1. The lowest BCUT2D eigenvalue weighted by Gasteiger charge is -2.10. The minimum atomic E-state index is -4.51. The molecule has 0 saturated carbocycles. The van der Waals surface area contributed by atoms with E-state index in [2.05, 4.69) is 4.98 Å². The van der Waals surface area contributed by atoms with Crippen LogP contribution in [0.1, 0.15) is 18.2 Å². The van der Waals surface area contributed by atoms with Crippen LogP contribution in [0.3, 0.4) is 0 Å². The van der Waals surface area contributed by atoms with Gasteiger partial charge >= 0.3 is 6.18 Å². The zero-order chi connectivity index (χ0) is 13.3. The third-order valence-electron chi connectivity index (χ3n) is 2.43. The number of thiazole rings is 1. The van der Waals surface area contributed by atoms with Crippen LogP contribution in [0.2, 0.25) is 0 Å². The number of aromatic nitrogens is 1. The van der Waals surface area contributed by atoms with Crippen molar-refractivity contribution in [3.63, 3.8) is 0 Å². The first-order valence-corrected chi connectivity index (χ1v) is 6.11. The normalized spacial score (nSPS) is 11.8. The number of hydrogen-bond donors (Lipinski definition) is 0. The number of benzene rings is 1. The number of nitrogens with zero attached hydrogens (tertiary/aromatic N) is 1. The summed E-state index contributed by atoms with van der Waals surface area (Å²) in [5, 5.41) is 1.87. The molecule has 2 aromatic rings. The van der Waals surface area contributed by atoms with E-state index >= 15 is 0 Å². The quantitative estimate of drug-likeness (QED) is 0.734. The molecule has 1 heterocycles. The fourth-order valence-electron chi connectivity index (χ4n) is 1.53. The van der Waals surface area contributed by atoms with Gasteiger partial charge in [0.15, 0.2) is 0 Å². The van der Waals surface area contributed by atoms with Crippen LogP contribution in [0.15, 0.2) is 23.6 Å². The van der Waals surface area contributed by atoms with Crippen LogP contribution in [-0.2, 0) is 12.6 Å². The molecule has 2 rings (SSSR count). The van der Waals surface area contributed by atoms with Crippen molar-refractivity contribution < 1.29 is 17.6 Å². The Morgan fingerprint density at radius 3 is 2.56 bits per heavy atom. The van der Waals surface area contributed by atoms with Gasteiger partial charge < -0.3 is 0 Å². The van der Waals surface area contributed by atoms with E-state index in [4.69, 9.17) is 0 Å². The first kappa shape index (κ1) is 13.0. The number of aryl methyl sites for hydroxylation is 1. The molecule has 0 radical (unpaired) electrons. The molecule has 18 heavy (non-hydrogen) atoms. The topological polar surface area (TPSA) is 12.9 Å². The van der Waals surface area contributed by atoms with Gasteiger partial charge in [-0.15, -0.1) is 11.3 Å². The van der Waals surface area contributed by atoms with Crippen molar-refractivity contribution in [1.29, 1.82) is 0 Å². The maximum Gasteiger partial charge on any atom is 0.417 e. The molecule has 0 saturated heterocycles. The highest BCUT2D eigenvalue weighted by atomic mass is 32.1. The molecule has 0 bridgehead atoms. The third-order valence-corrected chi connectivity index (χ3v) is 3.36. The van der Waals surface area contributed by atoms with Crippen molar-refractivity contribution in [2.75, 3.05) is 0 Å². The molecule has 0 atom stereocenters. The molecule has 0 amide bonds. The third kappa shape index (κ3) is 2.53. The molecule has 0 N–H and O–H groups in total. The van der Waals surface area contributed by atoms with Gasteiger partial charge in [-0.05, 0) is 24.6 Å². The second-order valence-corrected chi connectivity index (χ2v) is 4.54. The lowest BCUT2D eigenvalue weighted by Crippen LogP contribution is -2.07. The highest BCUT2D eigenvalue weighted by molar-refractivity contribution is 7.13. The highest BCUT2D eigenvalue weighted by Crippen LogP contribution is 2.38. The van der Waals surface area contributed by atoms with Crippen LogP contribution in [0, 0.1) is 5.82 Å². The summed E-state index contributed by atoms with van der Waals surface area (Å²) in [5.41, 5.74) is -0.361. The summed E-state index contributed by atoms with van der Waals surface area (Å²) in [6.45, 7) is 1.86. The standard InChI is InChI=1S/C12H9F4NS/c1-2-8-6-18-11(17-8)9-5-7(13)3-4-10(9)12(14,15)16/h3-6H,2H2,1H3. The smallest absolute Gasteiger partial charge is 0.241 e.